The van der Waals surface area contributed by atoms with Crippen molar-refractivity contribution >= 4 is 37.9 Å². The highest BCUT2D eigenvalue weighted by Crippen LogP contribution is 2.44. The molecule has 0 saturated carbocycles. The maximum atomic E-state index is 13.2. The molecule has 3 aromatic carbocycles. The molecule has 0 aromatic heterocycles. The molecule has 0 radical (unpaired) electrons. The number of aliphatic carboxylic acids is 1. The van der Waals surface area contributed by atoms with Gasteiger partial charge in [-0.15, -0.1) is 0 Å². The molecule has 11 heteroatoms. The molecule has 0 fully saturated rings. The average molecular weight is 673 g/mol. The molecule has 2 atom stereocenters. The molecule has 1 aliphatic carbocycles. The van der Waals surface area contributed by atoms with E-state index in [-0.39, 0.29) is 37.9 Å². The Balaban J connectivity index is 1.44. The quantitative estimate of drug-likeness (QED) is 0.0938. The van der Waals surface area contributed by atoms with Crippen LogP contribution in [0, 0.1) is 0 Å². The first-order valence-electron chi connectivity index (χ1n) is 15.9. The van der Waals surface area contributed by atoms with Crippen LogP contribution in [-0.2, 0) is 33.3 Å². The van der Waals surface area contributed by atoms with Crippen LogP contribution in [0.5, 0.6) is 0 Å². The van der Waals surface area contributed by atoms with E-state index in [0.717, 1.165) is 27.8 Å². The topological polar surface area (TPSA) is 140 Å². The zero-order valence-corrected chi connectivity index (χ0v) is 29.1. The van der Waals surface area contributed by atoms with E-state index in [1.54, 1.807) is 19.1 Å². The summed E-state index contributed by atoms with van der Waals surface area (Å²) in [7, 11) is -2.69. The molecule has 48 heavy (non-hydrogen) atoms. The fraction of sp³-hybridized carbons (Fsp3) is 0.351. The Morgan fingerprint density at radius 2 is 1.50 bits per heavy atom. The van der Waals surface area contributed by atoms with Gasteiger partial charge in [0.2, 0.25) is 5.91 Å². The molecule has 4 rings (SSSR count). The first-order valence-corrected chi connectivity index (χ1v) is 18.8. The normalized spacial score (nSPS) is 13.8. The van der Waals surface area contributed by atoms with Gasteiger partial charge in [-0.3, -0.25) is 9.59 Å². The third-order valence-electron chi connectivity index (χ3n) is 9.13. The van der Waals surface area contributed by atoms with Gasteiger partial charge in [0, 0.05) is 23.1 Å². The lowest BCUT2D eigenvalue weighted by molar-refractivity contribution is -0.147. The summed E-state index contributed by atoms with van der Waals surface area (Å²) >= 11 is 0. The molecule has 3 aromatic rings. The molecular weight excluding hydrogens is 628 g/mol. The van der Waals surface area contributed by atoms with Crippen molar-refractivity contribution < 1.29 is 38.2 Å². The summed E-state index contributed by atoms with van der Waals surface area (Å²) in [6.45, 7) is 13.6. The van der Waals surface area contributed by atoms with Gasteiger partial charge in [0.15, 0.2) is 14.4 Å². The number of nitrogens with one attached hydrogen (secondary N) is 2. The molecule has 0 saturated heterocycles. The number of hydrogen-bond donors (Lipinski definition) is 3. The van der Waals surface area contributed by atoms with E-state index < -0.39 is 43.5 Å². The Kier molecular flexibility index (Phi) is 11.6. The lowest BCUT2D eigenvalue weighted by Crippen LogP contribution is -2.57. The lowest BCUT2D eigenvalue weighted by Gasteiger charge is -2.42. The zero-order valence-electron chi connectivity index (χ0n) is 28.1. The van der Waals surface area contributed by atoms with E-state index >= 15 is 0 Å². The second kappa shape index (κ2) is 15.4. The largest absolute Gasteiger partial charge is 0.481 e. The van der Waals surface area contributed by atoms with Crippen molar-refractivity contribution in [2.45, 2.75) is 69.8 Å². The van der Waals surface area contributed by atoms with Crippen LogP contribution >= 0.6 is 0 Å². The number of hydrogen-bond acceptors (Lipinski definition) is 7. The van der Waals surface area contributed by atoms with Gasteiger partial charge >= 0.3 is 18.0 Å². The Morgan fingerprint density at radius 3 is 2.06 bits per heavy atom. The van der Waals surface area contributed by atoms with Crippen molar-refractivity contribution in [2.75, 3.05) is 18.5 Å². The number of rotatable bonds is 15. The monoisotopic (exact) mass is 672 g/mol. The summed E-state index contributed by atoms with van der Waals surface area (Å²) < 4.78 is 17.7. The van der Waals surface area contributed by atoms with Crippen LogP contribution in [0.1, 0.15) is 56.2 Å². The van der Waals surface area contributed by atoms with E-state index in [9.17, 15) is 19.2 Å². The Morgan fingerprint density at radius 1 is 0.917 bits per heavy atom. The molecular formula is C37H44N2O8Si. The number of anilines is 1. The molecule has 2 amide bonds. The molecule has 0 heterocycles. The van der Waals surface area contributed by atoms with Crippen LogP contribution in [0.4, 0.5) is 10.5 Å². The van der Waals surface area contributed by atoms with E-state index in [1.807, 2.05) is 61.6 Å². The number of benzene rings is 3. The Labute approximate surface area is 282 Å². The summed E-state index contributed by atoms with van der Waals surface area (Å²) in [4.78, 5) is 49.3. The number of carbonyl (C=O) groups excluding carboxylic acids is 3. The summed E-state index contributed by atoms with van der Waals surface area (Å²) in [6, 6.07) is 22.2. The third kappa shape index (κ3) is 8.39. The van der Waals surface area contributed by atoms with Crippen molar-refractivity contribution in [1.29, 1.82) is 0 Å². The number of carboxylic acids is 1. The first kappa shape index (κ1) is 36.1. The van der Waals surface area contributed by atoms with Crippen molar-refractivity contribution in [3.8, 4) is 11.1 Å². The smallest absolute Gasteiger partial charge is 0.407 e. The lowest BCUT2D eigenvalue weighted by atomic mass is 9.98. The van der Waals surface area contributed by atoms with Crippen LogP contribution in [0.25, 0.3) is 11.1 Å². The number of ether oxygens (including phenoxy) is 2. The molecule has 0 spiro atoms. The molecule has 0 bridgehead atoms. The van der Waals surface area contributed by atoms with Crippen LogP contribution in [0.15, 0.2) is 85.5 Å². The zero-order chi connectivity index (χ0) is 35.1. The van der Waals surface area contributed by atoms with Gasteiger partial charge in [-0.2, -0.15) is 0 Å². The third-order valence-corrected chi connectivity index (χ3v) is 13.4. The SMILES string of the molecule is C=CCOC(=O)C(NC(=O)OCC1c2ccccc2-c2ccccc21)[C@@H](C)O[Si](C)(C)C(C)(C)c1ccc(NC(=O)CCC(=O)O)cc1. The van der Waals surface area contributed by atoms with Gasteiger partial charge in [0.1, 0.15) is 13.2 Å². The second-order valence-corrected chi connectivity index (χ2v) is 17.4. The Hall–Kier alpha value is -4.74. The van der Waals surface area contributed by atoms with Crippen LogP contribution in [0.2, 0.25) is 13.1 Å². The highest BCUT2D eigenvalue weighted by molar-refractivity contribution is 6.74. The fourth-order valence-electron chi connectivity index (χ4n) is 5.81. The van der Waals surface area contributed by atoms with Crippen LogP contribution < -0.4 is 10.6 Å². The minimum atomic E-state index is -2.69. The Bertz CT molecular complexity index is 1610. The maximum absolute atomic E-state index is 13.2. The minimum absolute atomic E-state index is 0.0278. The van der Waals surface area contributed by atoms with Crippen molar-refractivity contribution in [3.05, 3.63) is 102 Å². The first-order chi connectivity index (χ1) is 22.7. The highest BCUT2D eigenvalue weighted by Gasteiger charge is 2.45. The second-order valence-electron chi connectivity index (χ2n) is 12.8. The van der Waals surface area contributed by atoms with Crippen LogP contribution in [-0.4, -0.2) is 62.7 Å². The maximum Gasteiger partial charge on any atom is 0.407 e. The predicted molar refractivity (Wildman–Crippen MR) is 186 cm³/mol. The molecule has 0 aliphatic heterocycles. The molecule has 1 unspecified atom stereocenters. The van der Waals surface area contributed by atoms with E-state index in [2.05, 4.69) is 43.2 Å². The number of carbonyl (C=O) groups is 4. The number of amides is 2. The van der Waals surface area contributed by atoms with E-state index in [4.69, 9.17) is 19.0 Å². The number of alkyl carbamates (subject to hydrolysis) is 1. The van der Waals surface area contributed by atoms with E-state index in [1.165, 1.54) is 6.08 Å². The van der Waals surface area contributed by atoms with Gasteiger partial charge in [0.05, 0.1) is 12.5 Å². The van der Waals surface area contributed by atoms with Gasteiger partial charge in [-0.1, -0.05) is 87.2 Å². The van der Waals surface area contributed by atoms with Gasteiger partial charge in [0.25, 0.3) is 0 Å². The average Bonchev–Trinajstić information content (AvgIpc) is 3.37. The summed E-state index contributed by atoms with van der Waals surface area (Å²) in [6.07, 6.45) is -0.434. The standard InChI is InChI=1S/C37H44N2O8Si/c1-7-22-45-35(43)34(39-36(44)46-23-31-29-14-10-8-12-27(29)28-13-9-11-15-30(28)31)24(2)47-48(5,6)37(3,4)25-16-18-26(19-17-25)38-32(40)20-21-33(41)42/h7-19,24,31,34H,1,20-23H2,2-6H3,(H,38,40)(H,39,44)(H,41,42)/t24-,34?/m1/s1. The van der Waals surface area contributed by atoms with Crippen molar-refractivity contribution in [1.82, 2.24) is 5.32 Å². The van der Waals surface area contributed by atoms with Crippen LogP contribution in [0.3, 0.4) is 0 Å². The number of carboxylic acid groups (broad SMARTS) is 1. The van der Waals surface area contributed by atoms with Crippen molar-refractivity contribution in [2.24, 2.45) is 0 Å². The molecule has 254 valence electrons. The molecule has 10 nitrogen and oxygen atoms in total. The fourth-order valence-corrected chi connectivity index (χ4v) is 8.03. The van der Waals surface area contributed by atoms with Gasteiger partial charge < -0.3 is 29.6 Å². The highest BCUT2D eigenvalue weighted by atomic mass is 28.4. The number of fused-ring (bicyclic) bond motifs is 3. The minimum Gasteiger partial charge on any atom is -0.481 e. The molecule has 3 N–H and O–H groups in total. The molecule has 1 aliphatic rings. The van der Waals surface area contributed by atoms with Gasteiger partial charge in [-0.05, 0) is 60.0 Å². The number of esters is 1. The summed E-state index contributed by atoms with van der Waals surface area (Å²) in [5.74, 6) is -2.22. The predicted octanol–water partition coefficient (Wildman–Crippen LogP) is 6.55. The van der Waals surface area contributed by atoms with Crippen molar-refractivity contribution in [3.63, 3.8) is 0 Å². The summed E-state index contributed by atoms with van der Waals surface area (Å²) in [5.41, 5.74) is 5.88. The van der Waals surface area contributed by atoms with Gasteiger partial charge in [-0.25, -0.2) is 9.59 Å². The summed E-state index contributed by atoms with van der Waals surface area (Å²) in [5, 5.41) is 13.8. The van der Waals surface area contributed by atoms with E-state index in [0.29, 0.717) is 5.69 Å².